The number of rotatable bonds is 5. The van der Waals surface area contributed by atoms with Crippen LogP contribution in [-0.4, -0.2) is 17.0 Å². The number of nitrogens with zero attached hydrogens (tertiary/aromatic N) is 1. The number of ether oxygens (including phenoxy) is 1. The van der Waals surface area contributed by atoms with Gasteiger partial charge < -0.3 is 15.0 Å². The number of carbonyl (C=O) groups excluding carboxylic acids is 1. The molecule has 1 atom stereocenters. The van der Waals surface area contributed by atoms with Crippen LogP contribution in [0.2, 0.25) is 0 Å². The molecule has 1 aliphatic rings. The number of hydrogen-bond acceptors (Lipinski definition) is 3. The zero-order chi connectivity index (χ0) is 16.9. The van der Waals surface area contributed by atoms with E-state index in [0.29, 0.717) is 23.5 Å². The molecule has 24 heavy (non-hydrogen) atoms. The molecule has 0 spiro atoms. The first-order valence-corrected chi connectivity index (χ1v) is 8.62. The van der Waals surface area contributed by atoms with E-state index in [1.54, 1.807) is 4.90 Å². The Hall–Kier alpha value is -2.27. The van der Waals surface area contributed by atoms with Gasteiger partial charge >= 0.3 is 0 Å². The van der Waals surface area contributed by atoms with E-state index in [9.17, 15) is 4.79 Å². The Bertz CT molecular complexity index is 732. The summed E-state index contributed by atoms with van der Waals surface area (Å²) >= 11 is 3.38. The molecule has 0 saturated carbocycles. The zero-order valence-corrected chi connectivity index (χ0v) is 15.0. The van der Waals surface area contributed by atoms with Crippen LogP contribution >= 0.6 is 15.9 Å². The lowest BCUT2D eigenvalue weighted by Crippen LogP contribution is -2.51. The monoisotopic (exact) mass is 386 g/mol. The first-order chi connectivity index (χ1) is 11.6. The standard InChI is InChI=1S/C19H19BrN2O2/c1-14-21-18(24-13-16-10-6-3-7-11-16)17(20)19(23)22(14)12-15-8-4-2-5-9-15/h2-11,14,21H,12-13H2,1H3. The summed E-state index contributed by atoms with van der Waals surface area (Å²) in [4.78, 5) is 14.4. The van der Waals surface area contributed by atoms with Crippen LogP contribution in [0.1, 0.15) is 18.1 Å². The molecule has 2 aromatic rings. The second-order valence-corrected chi connectivity index (χ2v) is 6.45. The van der Waals surface area contributed by atoms with E-state index in [0.717, 1.165) is 11.1 Å². The van der Waals surface area contributed by atoms with Crippen molar-refractivity contribution in [3.05, 3.63) is 82.2 Å². The predicted molar refractivity (Wildman–Crippen MR) is 96.8 cm³/mol. The van der Waals surface area contributed by atoms with Gasteiger partial charge in [0, 0.05) is 6.54 Å². The summed E-state index contributed by atoms with van der Waals surface area (Å²) in [5.41, 5.74) is 2.15. The quantitative estimate of drug-likeness (QED) is 0.850. The van der Waals surface area contributed by atoms with E-state index >= 15 is 0 Å². The Labute approximate surface area is 150 Å². The van der Waals surface area contributed by atoms with E-state index in [1.807, 2.05) is 67.6 Å². The Morgan fingerprint density at radius 1 is 1.04 bits per heavy atom. The molecule has 1 N–H and O–H groups in total. The van der Waals surface area contributed by atoms with Crippen molar-refractivity contribution in [2.45, 2.75) is 26.2 Å². The molecular weight excluding hydrogens is 368 g/mol. The van der Waals surface area contributed by atoms with Crippen molar-refractivity contribution in [1.29, 1.82) is 0 Å². The van der Waals surface area contributed by atoms with E-state index in [1.165, 1.54) is 0 Å². The van der Waals surface area contributed by atoms with Crippen LogP contribution in [-0.2, 0) is 22.7 Å². The molecule has 0 aliphatic carbocycles. The Morgan fingerprint density at radius 3 is 2.25 bits per heavy atom. The summed E-state index contributed by atoms with van der Waals surface area (Å²) in [5, 5.41) is 3.25. The van der Waals surface area contributed by atoms with Gasteiger partial charge in [-0.1, -0.05) is 60.7 Å². The van der Waals surface area contributed by atoms with Gasteiger partial charge in [0.15, 0.2) is 0 Å². The van der Waals surface area contributed by atoms with Crippen molar-refractivity contribution in [3.63, 3.8) is 0 Å². The molecule has 3 rings (SSSR count). The average Bonchev–Trinajstić information content (AvgIpc) is 2.62. The fourth-order valence-electron chi connectivity index (χ4n) is 2.55. The van der Waals surface area contributed by atoms with Gasteiger partial charge in [0.1, 0.15) is 17.3 Å². The summed E-state index contributed by atoms with van der Waals surface area (Å²) < 4.78 is 6.22. The first kappa shape index (κ1) is 16.6. The van der Waals surface area contributed by atoms with Crippen molar-refractivity contribution < 1.29 is 9.53 Å². The molecule has 0 saturated heterocycles. The summed E-state index contributed by atoms with van der Waals surface area (Å²) in [6.07, 6.45) is -0.148. The van der Waals surface area contributed by atoms with Crippen molar-refractivity contribution >= 4 is 21.8 Å². The number of halogens is 1. The lowest BCUT2D eigenvalue weighted by molar-refractivity contribution is -0.131. The van der Waals surface area contributed by atoms with Gasteiger partial charge in [0.25, 0.3) is 5.91 Å². The molecule has 0 radical (unpaired) electrons. The smallest absolute Gasteiger partial charge is 0.268 e. The topological polar surface area (TPSA) is 41.6 Å². The maximum Gasteiger partial charge on any atom is 0.268 e. The van der Waals surface area contributed by atoms with Crippen molar-refractivity contribution in [3.8, 4) is 0 Å². The third kappa shape index (κ3) is 3.79. The molecule has 1 unspecified atom stereocenters. The van der Waals surface area contributed by atoms with Gasteiger partial charge in [-0.25, -0.2) is 0 Å². The number of nitrogens with one attached hydrogen (secondary N) is 1. The lowest BCUT2D eigenvalue weighted by Gasteiger charge is -2.35. The minimum atomic E-state index is -0.148. The van der Waals surface area contributed by atoms with Crippen LogP contribution in [0, 0.1) is 0 Å². The van der Waals surface area contributed by atoms with Gasteiger partial charge in [0.2, 0.25) is 5.88 Å². The van der Waals surface area contributed by atoms with Crippen LogP contribution in [0.5, 0.6) is 0 Å². The molecule has 0 fully saturated rings. The molecule has 4 nitrogen and oxygen atoms in total. The normalized spacial score (nSPS) is 17.7. The summed E-state index contributed by atoms with van der Waals surface area (Å²) in [5.74, 6) is 0.411. The van der Waals surface area contributed by atoms with Crippen molar-refractivity contribution in [2.75, 3.05) is 0 Å². The maximum absolute atomic E-state index is 12.7. The highest BCUT2D eigenvalue weighted by molar-refractivity contribution is 9.12. The van der Waals surface area contributed by atoms with Gasteiger partial charge in [-0.05, 0) is 34.0 Å². The van der Waals surface area contributed by atoms with Gasteiger partial charge in [-0.15, -0.1) is 0 Å². The lowest BCUT2D eigenvalue weighted by atomic mass is 10.2. The molecule has 1 amide bonds. The highest BCUT2D eigenvalue weighted by Gasteiger charge is 2.31. The van der Waals surface area contributed by atoms with Crippen LogP contribution in [0.4, 0.5) is 0 Å². The van der Waals surface area contributed by atoms with E-state index < -0.39 is 0 Å². The summed E-state index contributed by atoms with van der Waals surface area (Å²) in [7, 11) is 0. The SMILES string of the molecule is CC1NC(OCc2ccccc2)=C(Br)C(=O)N1Cc1ccccc1. The molecule has 1 heterocycles. The van der Waals surface area contributed by atoms with Gasteiger partial charge in [0.05, 0.1) is 0 Å². The number of carbonyl (C=O) groups is 1. The predicted octanol–water partition coefficient (Wildman–Crippen LogP) is 3.75. The second kappa shape index (κ2) is 7.53. The number of hydrogen-bond donors (Lipinski definition) is 1. The largest absolute Gasteiger partial charge is 0.473 e. The van der Waals surface area contributed by atoms with Gasteiger partial charge in [-0.3, -0.25) is 4.79 Å². The highest BCUT2D eigenvalue weighted by atomic mass is 79.9. The highest BCUT2D eigenvalue weighted by Crippen LogP contribution is 2.24. The summed E-state index contributed by atoms with van der Waals surface area (Å²) in [6, 6.07) is 19.8. The molecule has 1 aliphatic heterocycles. The third-order valence-corrected chi connectivity index (χ3v) is 4.58. The van der Waals surface area contributed by atoms with Crippen molar-refractivity contribution in [1.82, 2.24) is 10.2 Å². The summed E-state index contributed by atoms with van der Waals surface area (Å²) in [6.45, 7) is 2.91. The minimum absolute atomic E-state index is 0.0758. The Kier molecular flexibility index (Phi) is 5.20. The molecular formula is C19H19BrN2O2. The minimum Gasteiger partial charge on any atom is -0.473 e. The number of benzene rings is 2. The second-order valence-electron chi connectivity index (χ2n) is 5.66. The van der Waals surface area contributed by atoms with Crippen LogP contribution < -0.4 is 5.32 Å². The molecule has 2 aromatic carbocycles. The molecule has 0 aromatic heterocycles. The van der Waals surface area contributed by atoms with E-state index in [-0.39, 0.29) is 12.1 Å². The van der Waals surface area contributed by atoms with Crippen LogP contribution in [0.3, 0.4) is 0 Å². The zero-order valence-electron chi connectivity index (χ0n) is 13.4. The van der Waals surface area contributed by atoms with Crippen LogP contribution in [0.25, 0.3) is 0 Å². The first-order valence-electron chi connectivity index (χ1n) is 7.83. The van der Waals surface area contributed by atoms with E-state index in [2.05, 4.69) is 21.2 Å². The van der Waals surface area contributed by atoms with E-state index in [4.69, 9.17) is 4.74 Å². The fourth-order valence-corrected chi connectivity index (χ4v) is 3.01. The van der Waals surface area contributed by atoms with Crippen LogP contribution in [0.15, 0.2) is 71.0 Å². The maximum atomic E-state index is 12.7. The Balaban J connectivity index is 1.70. The fraction of sp³-hybridized carbons (Fsp3) is 0.211. The number of amides is 1. The Morgan fingerprint density at radius 2 is 1.62 bits per heavy atom. The molecule has 0 bridgehead atoms. The third-order valence-electron chi connectivity index (χ3n) is 3.88. The van der Waals surface area contributed by atoms with Crippen molar-refractivity contribution in [2.24, 2.45) is 0 Å². The molecule has 124 valence electrons. The van der Waals surface area contributed by atoms with Gasteiger partial charge in [-0.2, -0.15) is 0 Å². The molecule has 5 heteroatoms. The average molecular weight is 387 g/mol.